The number of hydrogen-bond acceptors (Lipinski definition) is 5. The predicted molar refractivity (Wildman–Crippen MR) is 122 cm³/mol. The monoisotopic (exact) mass is 409 g/mol. The van der Waals surface area contributed by atoms with Gasteiger partial charge in [-0.1, -0.05) is 55.5 Å². The van der Waals surface area contributed by atoms with Gasteiger partial charge in [-0.05, 0) is 42.9 Å². The van der Waals surface area contributed by atoms with E-state index in [9.17, 15) is 4.79 Å². The van der Waals surface area contributed by atoms with Gasteiger partial charge >= 0.3 is 0 Å². The van der Waals surface area contributed by atoms with Gasteiger partial charge in [0.2, 0.25) is 0 Å². The maximum atomic E-state index is 13.1. The fraction of sp³-hybridized carbons (Fsp3) is 0.304. The number of methoxy groups -OCH3 is 1. The van der Waals surface area contributed by atoms with Crippen LogP contribution in [0, 0.1) is 0 Å². The van der Waals surface area contributed by atoms with E-state index in [-0.39, 0.29) is 5.91 Å². The highest BCUT2D eigenvalue weighted by Crippen LogP contribution is 2.31. The van der Waals surface area contributed by atoms with Gasteiger partial charge in [-0.25, -0.2) is 4.98 Å². The molecule has 6 heteroatoms. The van der Waals surface area contributed by atoms with Crippen molar-refractivity contribution in [2.45, 2.75) is 13.8 Å². The van der Waals surface area contributed by atoms with E-state index in [1.807, 2.05) is 54.6 Å². The van der Waals surface area contributed by atoms with Crippen LogP contribution in [0.5, 0.6) is 5.75 Å². The number of ether oxygens (including phenoxy) is 1. The maximum absolute atomic E-state index is 13.1. The van der Waals surface area contributed by atoms with Gasteiger partial charge in [0.25, 0.3) is 5.91 Å². The zero-order valence-corrected chi connectivity index (χ0v) is 18.0. The maximum Gasteiger partial charge on any atom is 0.252 e. The number of fused-ring (bicyclic) bond motifs is 1. The minimum Gasteiger partial charge on any atom is -0.497 e. The Morgan fingerprint density at radius 2 is 1.86 bits per heavy atom. The molecule has 0 atom stereocenters. The van der Waals surface area contributed by atoms with Gasteiger partial charge in [-0.2, -0.15) is 0 Å². The van der Waals surface area contributed by atoms with Crippen LogP contribution in [-0.2, 0) is 4.79 Å². The number of likely N-dealkylation sites (N-methyl/N-ethyl adjacent to an activating group) is 1. The third-order valence-electron chi connectivity index (χ3n) is 4.83. The van der Waals surface area contributed by atoms with Gasteiger partial charge < -0.3 is 9.64 Å². The molecule has 5 nitrogen and oxygen atoms in total. The van der Waals surface area contributed by atoms with Gasteiger partial charge in [0, 0.05) is 19.2 Å². The van der Waals surface area contributed by atoms with Crippen molar-refractivity contribution in [3.8, 4) is 5.75 Å². The summed E-state index contributed by atoms with van der Waals surface area (Å²) in [5.41, 5.74) is 1.87. The number of thiazole rings is 1. The standard InChI is InChI=1S/C23H27N3O2S/c1-4-25(5-2)15-16-26(22(27)14-11-18-9-7-6-8-10-18)23-24-20-13-12-19(28-3)17-21(20)29-23/h6-14,17H,4-5,15-16H2,1-3H3. The molecule has 0 N–H and O–H groups in total. The molecule has 152 valence electrons. The Balaban J connectivity index is 1.87. The predicted octanol–water partition coefficient (Wildman–Crippen LogP) is 4.69. The van der Waals surface area contributed by atoms with E-state index < -0.39 is 0 Å². The van der Waals surface area contributed by atoms with Gasteiger partial charge in [0.05, 0.1) is 17.3 Å². The van der Waals surface area contributed by atoms with Gasteiger partial charge in [0.1, 0.15) is 5.75 Å². The van der Waals surface area contributed by atoms with E-state index in [0.717, 1.165) is 41.2 Å². The molecule has 1 aromatic heterocycles. The number of anilines is 1. The quantitative estimate of drug-likeness (QED) is 0.481. The Labute approximate surface area is 176 Å². The van der Waals surface area contributed by atoms with E-state index in [0.29, 0.717) is 11.7 Å². The summed E-state index contributed by atoms with van der Waals surface area (Å²) in [4.78, 5) is 21.9. The van der Waals surface area contributed by atoms with Crippen LogP contribution in [0.3, 0.4) is 0 Å². The van der Waals surface area contributed by atoms with Gasteiger partial charge in [-0.3, -0.25) is 9.69 Å². The summed E-state index contributed by atoms with van der Waals surface area (Å²) in [6.45, 7) is 7.57. The molecule has 1 heterocycles. The number of carbonyl (C=O) groups is 1. The first-order valence-corrected chi connectivity index (χ1v) is 10.7. The van der Waals surface area contributed by atoms with Crippen LogP contribution in [0.25, 0.3) is 16.3 Å². The summed E-state index contributed by atoms with van der Waals surface area (Å²) < 4.78 is 6.32. The number of aromatic nitrogens is 1. The van der Waals surface area contributed by atoms with Crippen LogP contribution < -0.4 is 9.64 Å². The Bertz CT molecular complexity index is 965. The number of nitrogens with zero attached hydrogens (tertiary/aromatic N) is 3. The fourth-order valence-electron chi connectivity index (χ4n) is 3.04. The van der Waals surface area contributed by atoms with Crippen molar-refractivity contribution in [2.24, 2.45) is 0 Å². The Morgan fingerprint density at radius 1 is 1.10 bits per heavy atom. The van der Waals surface area contributed by atoms with Crippen LogP contribution in [-0.4, -0.2) is 49.1 Å². The van der Waals surface area contributed by atoms with Crippen molar-refractivity contribution < 1.29 is 9.53 Å². The van der Waals surface area contributed by atoms with Crippen LogP contribution >= 0.6 is 11.3 Å². The molecule has 0 aliphatic rings. The summed E-state index contributed by atoms with van der Waals surface area (Å²) in [5, 5.41) is 0.711. The fourth-order valence-corrected chi connectivity index (χ4v) is 4.06. The van der Waals surface area contributed by atoms with Crippen LogP contribution in [0.4, 0.5) is 5.13 Å². The third-order valence-corrected chi connectivity index (χ3v) is 5.87. The molecule has 0 saturated carbocycles. The first-order valence-electron chi connectivity index (χ1n) is 9.86. The third kappa shape index (κ3) is 5.43. The van der Waals surface area contributed by atoms with E-state index in [4.69, 9.17) is 9.72 Å². The zero-order chi connectivity index (χ0) is 20.6. The van der Waals surface area contributed by atoms with Crippen molar-refractivity contribution in [2.75, 3.05) is 38.2 Å². The van der Waals surface area contributed by atoms with E-state index in [1.165, 1.54) is 11.3 Å². The minimum atomic E-state index is -0.0629. The second-order valence-corrected chi connectivity index (χ2v) is 7.60. The molecular weight excluding hydrogens is 382 g/mol. The molecule has 1 amide bonds. The number of rotatable bonds is 9. The molecule has 3 rings (SSSR count). The second kappa shape index (κ2) is 10.2. The van der Waals surface area contributed by atoms with Crippen LogP contribution in [0.1, 0.15) is 19.4 Å². The minimum absolute atomic E-state index is 0.0629. The SMILES string of the molecule is CCN(CC)CCN(C(=O)C=Cc1ccccc1)c1nc2ccc(OC)cc2s1. The smallest absolute Gasteiger partial charge is 0.252 e. The molecule has 3 aromatic rings. The number of benzene rings is 2. The Kier molecular flexibility index (Phi) is 7.38. The normalized spacial score (nSPS) is 11.4. The zero-order valence-electron chi connectivity index (χ0n) is 17.2. The number of carbonyl (C=O) groups excluding carboxylic acids is 1. The average Bonchev–Trinajstić information content (AvgIpc) is 3.18. The topological polar surface area (TPSA) is 45.7 Å². The second-order valence-electron chi connectivity index (χ2n) is 6.59. The summed E-state index contributed by atoms with van der Waals surface area (Å²) in [6, 6.07) is 15.6. The summed E-state index contributed by atoms with van der Waals surface area (Å²) in [5.74, 6) is 0.727. The molecule has 0 unspecified atom stereocenters. The lowest BCUT2D eigenvalue weighted by molar-refractivity contribution is -0.114. The molecule has 0 aliphatic carbocycles. The molecule has 0 radical (unpaired) electrons. The summed E-state index contributed by atoms with van der Waals surface area (Å²) in [7, 11) is 1.65. The van der Waals surface area contributed by atoms with E-state index in [2.05, 4.69) is 18.7 Å². The molecule has 29 heavy (non-hydrogen) atoms. The highest BCUT2D eigenvalue weighted by Gasteiger charge is 2.19. The molecule has 2 aromatic carbocycles. The molecule has 0 saturated heterocycles. The molecule has 0 aliphatic heterocycles. The van der Waals surface area contributed by atoms with Crippen molar-refractivity contribution >= 4 is 38.7 Å². The first kappa shape index (κ1) is 21.0. The lowest BCUT2D eigenvalue weighted by Gasteiger charge is -2.23. The molecule has 0 spiro atoms. The van der Waals surface area contributed by atoms with Crippen molar-refractivity contribution in [1.29, 1.82) is 0 Å². The Morgan fingerprint density at radius 3 is 2.55 bits per heavy atom. The summed E-state index contributed by atoms with van der Waals surface area (Å²) >= 11 is 1.51. The largest absolute Gasteiger partial charge is 0.497 e. The van der Waals surface area contributed by atoms with Crippen LogP contribution in [0.2, 0.25) is 0 Å². The highest BCUT2D eigenvalue weighted by molar-refractivity contribution is 7.22. The van der Waals surface area contributed by atoms with Crippen molar-refractivity contribution in [3.05, 3.63) is 60.2 Å². The first-order chi connectivity index (χ1) is 14.1. The number of amides is 1. The summed E-state index contributed by atoms with van der Waals surface area (Å²) in [6.07, 6.45) is 3.48. The molecular formula is C23H27N3O2S. The van der Waals surface area contributed by atoms with Gasteiger partial charge in [0.15, 0.2) is 5.13 Å². The Hall–Kier alpha value is -2.70. The van der Waals surface area contributed by atoms with Crippen molar-refractivity contribution in [1.82, 2.24) is 9.88 Å². The lowest BCUT2D eigenvalue weighted by Crippen LogP contribution is -2.38. The van der Waals surface area contributed by atoms with Gasteiger partial charge in [-0.15, -0.1) is 0 Å². The lowest BCUT2D eigenvalue weighted by atomic mass is 10.2. The van der Waals surface area contributed by atoms with E-state index >= 15 is 0 Å². The van der Waals surface area contributed by atoms with Crippen molar-refractivity contribution in [3.63, 3.8) is 0 Å². The molecule has 0 fully saturated rings. The van der Waals surface area contributed by atoms with E-state index in [1.54, 1.807) is 18.1 Å². The average molecular weight is 410 g/mol. The van der Waals surface area contributed by atoms with Crippen LogP contribution in [0.15, 0.2) is 54.6 Å². The number of hydrogen-bond donors (Lipinski definition) is 0. The highest BCUT2D eigenvalue weighted by atomic mass is 32.1. The molecule has 0 bridgehead atoms.